The van der Waals surface area contributed by atoms with Crippen molar-refractivity contribution in [3.8, 4) is 0 Å². The van der Waals surface area contributed by atoms with Gasteiger partial charge in [-0.15, -0.1) is 0 Å². The zero-order chi connectivity index (χ0) is 18.3. The van der Waals surface area contributed by atoms with Crippen LogP contribution in [0.5, 0.6) is 0 Å². The lowest BCUT2D eigenvalue weighted by Crippen LogP contribution is -2.25. The molecule has 2 nitrogen and oxygen atoms in total. The van der Waals surface area contributed by atoms with Crippen molar-refractivity contribution in [1.29, 1.82) is 0 Å². The monoisotopic (exact) mass is 237 g/mol. The van der Waals surface area contributed by atoms with Gasteiger partial charge < -0.3 is 0 Å². The largest absolute Gasteiger partial charge is 0.450 e. The van der Waals surface area contributed by atoms with E-state index in [1.807, 2.05) is 0 Å². The number of alkyl halides is 3. The van der Waals surface area contributed by atoms with Gasteiger partial charge in [0.2, 0.25) is 5.78 Å². The summed E-state index contributed by atoms with van der Waals surface area (Å²) < 4.78 is 88.1. The lowest BCUT2D eigenvalue weighted by atomic mass is 10.0. The maximum absolute atomic E-state index is 12.2. The Balaban J connectivity index is 3.46. The summed E-state index contributed by atoms with van der Waals surface area (Å²) in [7, 11) is 0. The number of hydrogen-bond acceptors (Lipinski definition) is 2. The molecule has 86 valence electrons. The minimum Gasteiger partial charge on any atom is -0.294 e. The van der Waals surface area contributed by atoms with Crippen LogP contribution < -0.4 is 0 Å². The second-order valence-corrected chi connectivity index (χ2v) is 2.77. The molecule has 0 amide bonds. The molecule has 0 aliphatic heterocycles. The van der Waals surface area contributed by atoms with Crippen LogP contribution in [0.4, 0.5) is 13.2 Å². The van der Waals surface area contributed by atoms with E-state index in [4.69, 9.17) is 9.60 Å². The summed E-state index contributed by atoms with van der Waals surface area (Å²) in [4.78, 5) is 22.6. The molecule has 0 aliphatic rings. The molecular formula is C11H9F3O2. The van der Waals surface area contributed by atoms with Gasteiger partial charge in [-0.25, -0.2) is 0 Å². The van der Waals surface area contributed by atoms with Gasteiger partial charge in [-0.3, -0.25) is 9.59 Å². The summed E-state index contributed by atoms with van der Waals surface area (Å²) in [5, 5.41) is 0. The Kier molecular flexibility index (Phi) is 1.57. The molecule has 0 aliphatic carbocycles. The van der Waals surface area contributed by atoms with E-state index in [0.717, 1.165) is 0 Å². The van der Waals surface area contributed by atoms with Gasteiger partial charge in [-0.05, 0) is 6.85 Å². The summed E-state index contributed by atoms with van der Waals surface area (Å²) in [6.07, 6.45) is -6.97. The van der Waals surface area contributed by atoms with Gasteiger partial charge in [-0.1, -0.05) is 29.7 Å². The summed E-state index contributed by atoms with van der Waals surface area (Å²) in [5.41, 5.74) is -2.00. The van der Waals surface area contributed by atoms with Crippen molar-refractivity contribution >= 4 is 11.6 Å². The zero-order valence-corrected chi connectivity index (χ0v) is 7.66. The van der Waals surface area contributed by atoms with E-state index in [2.05, 4.69) is 0 Å². The van der Waals surface area contributed by atoms with Gasteiger partial charge in [0.15, 0.2) is 5.78 Å². The fourth-order valence-corrected chi connectivity index (χ4v) is 0.786. The van der Waals surface area contributed by atoms with Crippen LogP contribution in [0.2, 0.25) is 0 Å². The Hall–Kier alpha value is -1.65. The molecule has 16 heavy (non-hydrogen) atoms. The van der Waals surface area contributed by atoms with Gasteiger partial charge in [0, 0.05) is 9.68 Å². The van der Waals surface area contributed by atoms with Crippen molar-refractivity contribution in [2.24, 2.45) is 0 Å². The third kappa shape index (κ3) is 3.18. The van der Waals surface area contributed by atoms with Crippen LogP contribution in [0.3, 0.4) is 0 Å². The summed E-state index contributed by atoms with van der Waals surface area (Å²) in [6, 6.07) is -4.32. The molecule has 0 saturated heterocycles. The molecule has 0 heterocycles. The maximum Gasteiger partial charge on any atom is 0.450 e. The molecule has 1 aromatic rings. The lowest BCUT2D eigenvalue weighted by molar-refractivity contribution is -0.170. The van der Waals surface area contributed by atoms with Crippen LogP contribution in [0.1, 0.15) is 31.9 Å². The van der Waals surface area contributed by atoms with E-state index >= 15 is 0 Å². The fourth-order valence-electron chi connectivity index (χ4n) is 0.786. The predicted molar refractivity (Wildman–Crippen MR) is 51.2 cm³/mol. The minimum atomic E-state index is -5.29. The van der Waals surface area contributed by atoms with Gasteiger partial charge in [0.05, 0.1) is 11.9 Å². The Morgan fingerprint density at radius 1 is 1.31 bits per heavy atom. The van der Waals surface area contributed by atoms with E-state index in [-0.39, 0.29) is 0 Å². The number of rotatable bonds is 3. The van der Waals surface area contributed by atoms with Gasteiger partial charge >= 0.3 is 6.18 Å². The zero-order valence-electron chi connectivity index (χ0n) is 14.7. The van der Waals surface area contributed by atoms with Gasteiger partial charge in [-0.2, -0.15) is 13.2 Å². The number of Topliss-reactive ketones (excluding diaryl/α,β-unsaturated/α-hetero) is 2. The van der Waals surface area contributed by atoms with Gasteiger partial charge in [0.1, 0.15) is 0 Å². The average Bonchev–Trinajstić information content (AvgIpc) is 2.34. The quantitative estimate of drug-likeness (QED) is 0.598. The van der Waals surface area contributed by atoms with Crippen LogP contribution in [-0.2, 0) is 4.79 Å². The summed E-state index contributed by atoms with van der Waals surface area (Å²) in [6.45, 7) is -3.01. The van der Waals surface area contributed by atoms with Crippen LogP contribution in [-0.4, -0.2) is 17.7 Å². The van der Waals surface area contributed by atoms with Crippen molar-refractivity contribution in [2.45, 2.75) is 19.4 Å². The molecule has 0 saturated carbocycles. The van der Waals surface area contributed by atoms with Crippen molar-refractivity contribution < 1.29 is 32.4 Å². The van der Waals surface area contributed by atoms with Crippen molar-refractivity contribution in [3.63, 3.8) is 0 Å². The molecule has 1 aromatic carbocycles. The Bertz CT molecular complexity index is 651. The molecule has 0 N–H and O–H groups in total. The first kappa shape index (κ1) is 5.61. The molecular weight excluding hydrogens is 221 g/mol. The SMILES string of the molecule is [2H]c1c([2H])c(C([2H])([2H])[2H])c([2H])c([2H])c1C(=O)CC(=O)C(F)(F)F. The van der Waals surface area contributed by atoms with Crippen molar-refractivity contribution in [1.82, 2.24) is 0 Å². The second kappa shape index (κ2) is 4.47. The molecule has 0 fully saturated rings. The molecule has 1 rings (SSSR count). The van der Waals surface area contributed by atoms with E-state index in [1.54, 1.807) is 0 Å². The van der Waals surface area contributed by atoms with Crippen LogP contribution in [0.15, 0.2) is 24.2 Å². The number of hydrogen-bond donors (Lipinski definition) is 0. The summed E-state index contributed by atoms with van der Waals surface area (Å²) >= 11 is 0. The highest BCUT2D eigenvalue weighted by Crippen LogP contribution is 2.19. The van der Waals surface area contributed by atoms with Crippen LogP contribution in [0.25, 0.3) is 0 Å². The number of benzene rings is 1. The molecule has 0 bridgehead atoms. The Labute approximate surface area is 99.9 Å². The Morgan fingerprint density at radius 3 is 2.31 bits per heavy atom. The molecule has 0 spiro atoms. The number of ketones is 2. The topological polar surface area (TPSA) is 34.1 Å². The summed E-state index contributed by atoms with van der Waals surface area (Å²) in [5.74, 6) is -3.97. The van der Waals surface area contributed by atoms with E-state index in [1.165, 1.54) is 0 Å². The molecule has 0 atom stereocenters. The predicted octanol–water partition coefficient (Wildman–Crippen LogP) is 2.70. The number of halogens is 3. The molecule has 5 heteroatoms. The van der Waals surface area contributed by atoms with Crippen LogP contribution in [0, 0.1) is 6.85 Å². The van der Waals surface area contributed by atoms with Crippen molar-refractivity contribution in [3.05, 3.63) is 35.3 Å². The van der Waals surface area contributed by atoms with Gasteiger partial charge in [0.25, 0.3) is 0 Å². The highest BCUT2D eigenvalue weighted by molar-refractivity contribution is 6.09. The smallest absolute Gasteiger partial charge is 0.294 e. The standard InChI is InChI=1S/C11H9F3O2/c1-7-2-4-8(5-3-7)9(15)6-10(16)11(12,13)14/h2-5H,6H2,1H3/i1D3,2D,3D,4D,5D. The first-order chi connectivity index (χ1) is 10.2. The lowest BCUT2D eigenvalue weighted by Gasteiger charge is -2.04. The highest BCUT2D eigenvalue weighted by Gasteiger charge is 2.39. The molecule has 0 radical (unpaired) electrons. The fraction of sp³-hybridized carbons (Fsp3) is 0.273. The minimum absolute atomic E-state index is 0.953. The van der Waals surface area contributed by atoms with E-state index in [9.17, 15) is 22.8 Å². The maximum atomic E-state index is 12.2. The molecule has 0 aromatic heterocycles. The normalized spacial score (nSPS) is 18.3. The average molecular weight is 237 g/mol. The number of carbonyl (C=O) groups excluding carboxylic acids is 2. The molecule has 0 unspecified atom stereocenters. The third-order valence-electron chi connectivity index (χ3n) is 1.54. The first-order valence-electron chi connectivity index (χ1n) is 7.43. The first-order valence-corrected chi connectivity index (χ1v) is 3.93. The Morgan fingerprint density at radius 2 is 1.88 bits per heavy atom. The second-order valence-electron chi connectivity index (χ2n) is 2.77. The van der Waals surface area contributed by atoms with E-state index < -0.39 is 66.3 Å². The highest BCUT2D eigenvalue weighted by atomic mass is 19.4. The van der Waals surface area contributed by atoms with Crippen molar-refractivity contribution in [2.75, 3.05) is 0 Å². The number of carbonyl (C=O) groups is 2. The van der Waals surface area contributed by atoms with E-state index in [0.29, 0.717) is 0 Å². The third-order valence-corrected chi connectivity index (χ3v) is 1.54. The van der Waals surface area contributed by atoms with Crippen LogP contribution >= 0.6 is 0 Å².